The number of furan rings is 1. The van der Waals surface area contributed by atoms with Crippen LogP contribution in [0.3, 0.4) is 0 Å². The number of nitrogens with zero attached hydrogens (tertiary/aromatic N) is 2. The number of aromatic nitrogens is 2. The first-order valence-electron chi connectivity index (χ1n) is 7.45. The van der Waals surface area contributed by atoms with Crippen molar-refractivity contribution >= 4 is 32.5 Å². The second-order valence-electron chi connectivity index (χ2n) is 5.33. The molecule has 0 saturated heterocycles. The highest BCUT2D eigenvalue weighted by Gasteiger charge is 2.11. The number of carbonyl (C=O) groups is 1. The predicted octanol–water partition coefficient (Wildman–Crippen LogP) is 1.47. The molecule has 0 aliphatic carbocycles. The molecule has 3 aromatic rings. The Hall–Kier alpha value is -2.94. The van der Waals surface area contributed by atoms with E-state index >= 15 is 0 Å². The first kappa shape index (κ1) is 16.9. The molecule has 3 rings (SSSR count). The molecule has 130 valence electrons. The summed E-state index contributed by atoms with van der Waals surface area (Å²) in [4.78, 5) is 20.2. The molecule has 1 aromatic carbocycles. The summed E-state index contributed by atoms with van der Waals surface area (Å²) in [6.07, 6.45) is 3.97. The van der Waals surface area contributed by atoms with E-state index in [1.807, 2.05) is 0 Å². The minimum atomic E-state index is -3.32. The van der Waals surface area contributed by atoms with Crippen LogP contribution in [0.1, 0.15) is 10.6 Å². The Bertz CT molecular complexity index is 1000. The number of hydrogen-bond acceptors (Lipinski definition) is 7. The van der Waals surface area contributed by atoms with Crippen LogP contribution in [0.5, 0.6) is 0 Å². The van der Waals surface area contributed by atoms with Gasteiger partial charge >= 0.3 is 0 Å². The standard InChI is InChI=1S/C16H16N4O4S/c1-25(22,23)11-4-5-13-12(9-11)15(20-10-19-13)17-6-7-18-16(21)14-3-2-8-24-14/h2-5,8-10H,6-7H2,1H3,(H,18,21)(H,17,19,20). The Morgan fingerprint density at radius 1 is 1.20 bits per heavy atom. The van der Waals surface area contributed by atoms with Crippen LogP contribution in [-0.2, 0) is 9.84 Å². The van der Waals surface area contributed by atoms with Crippen molar-refractivity contribution in [2.75, 3.05) is 24.7 Å². The third-order valence-electron chi connectivity index (χ3n) is 3.48. The number of benzene rings is 1. The topological polar surface area (TPSA) is 114 Å². The monoisotopic (exact) mass is 360 g/mol. The number of amides is 1. The number of anilines is 1. The van der Waals surface area contributed by atoms with Crippen LogP contribution >= 0.6 is 0 Å². The van der Waals surface area contributed by atoms with Gasteiger partial charge in [-0.2, -0.15) is 0 Å². The van der Waals surface area contributed by atoms with E-state index in [9.17, 15) is 13.2 Å². The fourth-order valence-corrected chi connectivity index (χ4v) is 2.91. The molecule has 0 radical (unpaired) electrons. The minimum Gasteiger partial charge on any atom is -0.459 e. The van der Waals surface area contributed by atoms with Gasteiger partial charge in [0.25, 0.3) is 5.91 Å². The third-order valence-corrected chi connectivity index (χ3v) is 4.59. The van der Waals surface area contributed by atoms with Crippen molar-refractivity contribution in [2.45, 2.75) is 4.90 Å². The van der Waals surface area contributed by atoms with E-state index in [1.165, 1.54) is 24.7 Å². The average molecular weight is 360 g/mol. The van der Waals surface area contributed by atoms with Crippen molar-refractivity contribution in [3.63, 3.8) is 0 Å². The highest BCUT2D eigenvalue weighted by molar-refractivity contribution is 7.90. The van der Waals surface area contributed by atoms with Crippen LogP contribution in [0.2, 0.25) is 0 Å². The molecule has 9 heteroatoms. The van der Waals surface area contributed by atoms with Gasteiger partial charge in [-0.3, -0.25) is 4.79 Å². The largest absolute Gasteiger partial charge is 0.459 e. The van der Waals surface area contributed by atoms with Gasteiger partial charge in [0.1, 0.15) is 12.1 Å². The molecule has 0 spiro atoms. The lowest BCUT2D eigenvalue weighted by Crippen LogP contribution is -2.28. The van der Waals surface area contributed by atoms with Crippen molar-refractivity contribution in [1.82, 2.24) is 15.3 Å². The van der Waals surface area contributed by atoms with E-state index in [1.54, 1.807) is 18.2 Å². The van der Waals surface area contributed by atoms with Gasteiger partial charge in [0.05, 0.1) is 16.7 Å². The second-order valence-corrected chi connectivity index (χ2v) is 7.35. The summed E-state index contributed by atoms with van der Waals surface area (Å²) in [5.74, 6) is 0.437. The van der Waals surface area contributed by atoms with Gasteiger partial charge in [-0.05, 0) is 30.3 Å². The zero-order valence-corrected chi connectivity index (χ0v) is 14.2. The molecule has 1 amide bonds. The van der Waals surface area contributed by atoms with Gasteiger partial charge in [-0.25, -0.2) is 18.4 Å². The maximum absolute atomic E-state index is 11.8. The number of sulfone groups is 1. The number of nitrogens with one attached hydrogen (secondary N) is 2. The number of hydrogen-bond donors (Lipinski definition) is 2. The normalized spacial score (nSPS) is 11.4. The Morgan fingerprint density at radius 2 is 2.04 bits per heavy atom. The fraction of sp³-hybridized carbons (Fsp3) is 0.188. The summed E-state index contributed by atoms with van der Waals surface area (Å²) in [7, 11) is -3.32. The molecule has 0 unspecified atom stereocenters. The summed E-state index contributed by atoms with van der Waals surface area (Å²) >= 11 is 0. The Morgan fingerprint density at radius 3 is 2.76 bits per heavy atom. The fourth-order valence-electron chi connectivity index (χ4n) is 2.26. The van der Waals surface area contributed by atoms with Crippen LogP contribution in [0.15, 0.2) is 52.2 Å². The molecule has 8 nitrogen and oxygen atoms in total. The van der Waals surface area contributed by atoms with Crippen LogP contribution < -0.4 is 10.6 Å². The quantitative estimate of drug-likeness (QED) is 0.640. The number of carbonyl (C=O) groups excluding carboxylic acids is 1. The predicted molar refractivity (Wildman–Crippen MR) is 92.2 cm³/mol. The SMILES string of the molecule is CS(=O)(=O)c1ccc2ncnc(NCCNC(=O)c3ccco3)c2c1. The lowest BCUT2D eigenvalue weighted by atomic mass is 10.2. The zero-order valence-electron chi connectivity index (χ0n) is 13.4. The first-order valence-corrected chi connectivity index (χ1v) is 9.35. The highest BCUT2D eigenvalue weighted by atomic mass is 32.2. The van der Waals surface area contributed by atoms with Crippen molar-refractivity contribution < 1.29 is 17.6 Å². The summed E-state index contributed by atoms with van der Waals surface area (Å²) in [5, 5.41) is 6.38. The van der Waals surface area contributed by atoms with Crippen molar-refractivity contribution in [3.05, 3.63) is 48.7 Å². The highest BCUT2D eigenvalue weighted by Crippen LogP contribution is 2.22. The molecule has 0 saturated carbocycles. The molecule has 0 atom stereocenters. The van der Waals surface area contributed by atoms with Crippen LogP contribution in [-0.4, -0.2) is 43.6 Å². The first-order chi connectivity index (χ1) is 11.9. The van der Waals surface area contributed by atoms with Gasteiger partial charge in [0.2, 0.25) is 0 Å². The Kier molecular flexibility index (Phi) is 4.66. The van der Waals surface area contributed by atoms with E-state index in [-0.39, 0.29) is 16.6 Å². The van der Waals surface area contributed by atoms with Gasteiger partial charge in [0.15, 0.2) is 15.6 Å². The number of rotatable bonds is 6. The summed E-state index contributed by atoms with van der Waals surface area (Å²) in [5.41, 5.74) is 0.629. The molecule has 25 heavy (non-hydrogen) atoms. The van der Waals surface area contributed by atoms with Crippen molar-refractivity contribution in [1.29, 1.82) is 0 Å². The van der Waals surface area contributed by atoms with E-state index in [2.05, 4.69) is 20.6 Å². The minimum absolute atomic E-state index is 0.198. The lowest BCUT2D eigenvalue weighted by Gasteiger charge is -2.09. The second kappa shape index (κ2) is 6.89. The molecule has 2 heterocycles. The van der Waals surface area contributed by atoms with Gasteiger partial charge < -0.3 is 15.1 Å². The molecular formula is C16H16N4O4S. The summed E-state index contributed by atoms with van der Waals surface area (Å²) in [6, 6.07) is 7.90. The number of fused-ring (bicyclic) bond motifs is 1. The summed E-state index contributed by atoms with van der Waals surface area (Å²) < 4.78 is 28.4. The maximum atomic E-state index is 11.8. The lowest BCUT2D eigenvalue weighted by molar-refractivity contribution is 0.0927. The van der Waals surface area contributed by atoms with Crippen LogP contribution in [0.25, 0.3) is 10.9 Å². The van der Waals surface area contributed by atoms with Crippen LogP contribution in [0.4, 0.5) is 5.82 Å². The Labute approximate surface area is 144 Å². The van der Waals surface area contributed by atoms with E-state index in [0.29, 0.717) is 29.8 Å². The van der Waals surface area contributed by atoms with Crippen LogP contribution in [0, 0.1) is 0 Å². The smallest absolute Gasteiger partial charge is 0.287 e. The van der Waals surface area contributed by atoms with E-state index in [0.717, 1.165) is 6.26 Å². The van der Waals surface area contributed by atoms with E-state index in [4.69, 9.17) is 4.42 Å². The van der Waals surface area contributed by atoms with Gasteiger partial charge in [-0.15, -0.1) is 0 Å². The molecule has 0 fully saturated rings. The molecule has 2 N–H and O–H groups in total. The van der Waals surface area contributed by atoms with Gasteiger partial charge in [0, 0.05) is 24.7 Å². The molecule has 0 aliphatic heterocycles. The summed E-state index contributed by atoms with van der Waals surface area (Å²) in [6.45, 7) is 0.748. The van der Waals surface area contributed by atoms with Gasteiger partial charge in [-0.1, -0.05) is 0 Å². The molecule has 2 aromatic heterocycles. The van der Waals surface area contributed by atoms with Crippen molar-refractivity contribution in [3.8, 4) is 0 Å². The molecular weight excluding hydrogens is 344 g/mol. The van der Waals surface area contributed by atoms with E-state index < -0.39 is 9.84 Å². The van der Waals surface area contributed by atoms with Crippen molar-refractivity contribution in [2.24, 2.45) is 0 Å². The zero-order chi connectivity index (χ0) is 17.9. The maximum Gasteiger partial charge on any atom is 0.287 e. The average Bonchev–Trinajstić information content (AvgIpc) is 3.12. The molecule has 0 aliphatic rings. The Balaban J connectivity index is 1.70. The molecule has 0 bridgehead atoms. The third kappa shape index (κ3) is 3.94.